The molecule has 34 heavy (non-hydrogen) atoms. The average Bonchev–Trinajstić information content (AvgIpc) is 3.28. The van der Waals surface area contributed by atoms with Gasteiger partial charge in [0.05, 0.1) is 14.2 Å². The zero-order chi connectivity index (χ0) is 24.4. The number of hydrogen-bond acceptors (Lipinski definition) is 6. The lowest BCUT2D eigenvalue weighted by Crippen LogP contribution is -2.35. The molecule has 3 N–H and O–H groups in total. The maximum absolute atomic E-state index is 10.1. The van der Waals surface area contributed by atoms with E-state index in [1.54, 1.807) is 20.3 Å². The highest BCUT2D eigenvalue weighted by Crippen LogP contribution is 2.44. The van der Waals surface area contributed by atoms with Crippen molar-refractivity contribution in [3.05, 3.63) is 53.6 Å². The highest BCUT2D eigenvalue weighted by atomic mass is 16.5. The van der Waals surface area contributed by atoms with Crippen LogP contribution in [-0.2, 0) is 22.6 Å². The largest absolute Gasteiger partial charge is 0.508 e. The highest BCUT2D eigenvalue weighted by Gasteiger charge is 2.32. The van der Waals surface area contributed by atoms with Gasteiger partial charge in [-0.25, -0.2) is 9.59 Å². The van der Waals surface area contributed by atoms with Gasteiger partial charge in [0.25, 0.3) is 0 Å². The minimum absolute atomic E-state index is 0.295. The number of carboxylic acids is 2. The third-order valence-electron chi connectivity index (χ3n) is 6.50. The maximum Gasteiger partial charge on any atom is 0.328 e. The summed E-state index contributed by atoms with van der Waals surface area (Å²) in [6.45, 7) is 2.18. The summed E-state index contributed by atoms with van der Waals surface area (Å²) in [7, 11) is 3.35. The summed E-state index contributed by atoms with van der Waals surface area (Å²) < 4.78 is 11.1. The fraction of sp³-hybridized carbons (Fsp3) is 0.308. The molecule has 0 spiro atoms. The number of hydrogen-bond donors (Lipinski definition) is 3. The van der Waals surface area contributed by atoms with Gasteiger partial charge in [0.2, 0.25) is 0 Å². The molecule has 0 radical (unpaired) electrons. The molecular weight excluding hydrogens is 438 g/mol. The molecule has 0 unspecified atom stereocenters. The Kier molecular flexibility index (Phi) is 6.61. The first-order valence-corrected chi connectivity index (χ1v) is 11.0. The summed E-state index contributed by atoms with van der Waals surface area (Å²) >= 11 is 0. The Morgan fingerprint density at radius 1 is 0.912 bits per heavy atom. The van der Waals surface area contributed by atoms with Crippen LogP contribution in [0.15, 0.2) is 42.5 Å². The van der Waals surface area contributed by atoms with Crippen molar-refractivity contribution in [1.29, 1.82) is 0 Å². The summed E-state index contributed by atoms with van der Waals surface area (Å²) in [6, 6.07) is 10.5. The van der Waals surface area contributed by atoms with E-state index in [-0.39, 0.29) is 0 Å². The molecular formula is C26H27NO7. The number of rotatable bonds is 4. The second-order valence-electron chi connectivity index (χ2n) is 8.42. The van der Waals surface area contributed by atoms with Crippen molar-refractivity contribution in [1.82, 2.24) is 4.90 Å². The standard InChI is InChI=1S/C22H23NO3.C4H4O4/c1-25-21-10-18-16-8-13-4-3-7-23(13)12-20(16)15-6-5-14(24)9-17(15)19(18)11-22(21)26-2;5-3(6)1-2-4(7)8/h5-6,9-11,13,24H,3-4,7-8,12H2,1-2H3;1-2H,(H,5,6)(H,7,8)/b;2-1+/t13-;/m0./s1. The van der Waals surface area contributed by atoms with Crippen LogP contribution < -0.4 is 9.47 Å². The first kappa shape index (κ1) is 23.4. The van der Waals surface area contributed by atoms with Crippen molar-refractivity contribution < 1.29 is 34.4 Å². The van der Waals surface area contributed by atoms with Crippen LogP contribution in [0.25, 0.3) is 21.5 Å². The molecule has 178 valence electrons. The smallest absolute Gasteiger partial charge is 0.328 e. The lowest BCUT2D eigenvalue weighted by molar-refractivity contribution is -0.134. The van der Waals surface area contributed by atoms with Gasteiger partial charge in [-0.05, 0) is 82.7 Å². The Morgan fingerprint density at radius 2 is 1.53 bits per heavy atom. The summed E-state index contributed by atoms with van der Waals surface area (Å²) in [5.41, 5.74) is 2.83. The highest BCUT2D eigenvalue weighted by molar-refractivity contribution is 6.12. The van der Waals surface area contributed by atoms with E-state index in [9.17, 15) is 14.7 Å². The molecule has 5 rings (SSSR count). The van der Waals surface area contributed by atoms with Crippen LogP contribution >= 0.6 is 0 Å². The number of benzene rings is 3. The summed E-state index contributed by atoms with van der Waals surface area (Å²) in [5.74, 6) is -0.735. The van der Waals surface area contributed by atoms with Gasteiger partial charge in [0.1, 0.15) is 5.75 Å². The van der Waals surface area contributed by atoms with Crippen molar-refractivity contribution >= 4 is 33.5 Å². The molecule has 8 nitrogen and oxygen atoms in total. The molecule has 2 aliphatic rings. The number of nitrogens with zero attached hydrogens (tertiary/aromatic N) is 1. The second-order valence-corrected chi connectivity index (χ2v) is 8.42. The fourth-order valence-electron chi connectivity index (χ4n) is 5.02. The van der Waals surface area contributed by atoms with Crippen LogP contribution in [0, 0.1) is 0 Å². The van der Waals surface area contributed by atoms with E-state index in [0.717, 1.165) is 35.2 Å². The normalized spacial score (nSPS) is 17.2. The average molecular weight is 466 g/mol. The van der Waals surface area contributed by atoms with Crippen LogP contribution in [0.2, 0.25) is 0 Å². The van der Waals surface area contributed by atoms with Gasteiger partial charge in [-0.2, -0.15) is 0 Å². The molecule has 0 aliphatic carbocycles. The number of carbonyl (C=O) groups is 2. The molecule has 0 saturated carbocycles. The van der Waals surface area contributed by atoms with Gasteiger partial charge in [0, 0.05) is 24.7 Å². The first-order chi connectivity index (χ1) is 16.3. The summed E-state index contributed by atoms with van der Waals surface area (Å²) in [5, 5.41) is 30.4. The number of ether oxygens (including phenoxy) is 2. The van der Waals surface area contributed by atoms with Crippen molar-refractivity contribution in [3.8, 4) is 17.2 Å². The molecule has 3 aromatic carbocycles. The quantitative estimate of drug-likeness (QED) is 0.392. The molecule has 0 amide bonds. The lowest BCUT2D eigenvalue weighted by Gasteiger charge is -2.33. The van der Waals surface area contributed by atoms with Gasteiger partial charge in [-0.1, -0.05) is 6.07 Å². The van der Waals surface area contributed by atoms with Gasteiger partial charge >= 0.3 is 11.9 Å². The Morgan fingerprint density at radius 3 is 2.15 bits per heavy atom. The van der Waals surface area contributed by atoms with E-state index in [4.69, 9.17) is 19.7 Å². The Hall–Kier alpha value is -3.78. The number of aliphatic carboxylic acids is 2. The van der Waals surface area contributed by atoms with Crippen molar-refractivity contribution in [2.45, 2.75) is 31.8 Å². The number of carboxylic acid groups (broad SMARTS) is 2. The minimum Gasteiger partial charge on any atom is -0.508 e. The third-order valence-corrected chi connectivity index (χ3v) is 6.50. The number of aromatic hydroxyl groups is 1. The second kappa shape index (κ2) is 9.61. The zero-order valence-electron chi connectivity index (χ0n) is 19.1. The van der Waals surface area contributed by atoms with Crippen molar-refractivity contribution in [2.75, 3.05) is 20.8 Å². The molecule has 2 heterocycles. The van der Waals surface area contributed by atoms with E-state index in [1.807, 2.05) is 6.07 Å². The Balaban J connectivity index is 0.000000297. The van der Waals surface area contributed by atoms with E-state index >= 15 is 0 Å². The summed E-state index contributed by atoms with van der Waals surface area (Å²) in [6.07, 6.45) is 4.76. The fourth-order valence-corrected chi connectivity index (χ4v) is 5.02. The third kappa shape index (κ3) is 4.49. The predicted molar refractivity (Wildman–Crippen MR) is 128 cm³/mol. The van der Waals surface area contributed by atoms with Gasteiger partial charge in [0.15, 0.2) is 11.5 Å². The van der Waals surface area contributed by atoms with E-state index in [1.165, 1.54) is 41.3 Å². The van der Waals surface area contributed by atoms with Crippen molar-refractivity contribution in [3.63, 3.8) is 0 Å². The van der Waals surface area contributed by atoms with Gasteiger partial charge in [-0.15, -0.1) is 0 Å². The van der Waals surface area contributed by atoms with Crippen LogP contribution in [0.5, 0.6) is 17.2 Å². The molecule has 3 aromatic rings. The molecule has 1 fully saturated rings. The van der Waals surface area contributed by atoms with Gasteiger partial charge < -0.3 is 24.8 Å². The zero-order valence-corrected chi connectivity index (χ0v) is 19.1. The Bertz CT molecular complexity index is 1280. The van der Waals surface area contributed by atoms with Gasteiger partial charge in [-0.3, -0.25) is 4.90 Å². The maximum atomic E-state index is 10.1. The number of phenols is 1. The van der Waals surface area contributed by atoms with E-state index in [2.05, 4.69) is 23.1 Å². The molecule has 1 atom stereocenters. The monoisotopic (exact) mass is 465 g/mol. The van der Waals surface area contributed by atoms with E-state index in [0.29, 0.717) is 23.9 Å². The predicted octanol–water partition coefficient (Wildman–Crippen LogP) is 3.95. The van der Waals surface area contributed by atoms with E-state index < -0.39 is 11.9 Å². The minimum atomic E-state index is -1.26. The van der Waals surface area contributed by atoms with Crippen LogP contribution in [0.4, 0.5) is 0 Å². The number of methoxy groups -OCH3 is 2. The lowest BCUT2D eigenvalue weighted by atomic mass is 9.85. The number of fused-ring (bicyclic) bond motifs is 7. The molecule has 8 heteroatoms. The molecule has 0 bridgehead atoms. The SMILES string of the molecule is COc1cc2c3c(c4ccc(O)cc4c2cc1OC)CN1CCC[C@H]1C3.O=C(O)/C=C/C(=O)O. The molecule has 0 aromatic heterocycles. The topological polar surface area (TPSA) is 117 Å². The first-order valence-electron chi connectivity index (χ1n) is 11.0. The van der Waals surface area contributed by atoms with Crippen LogP contribution in [-0.4, -0.2) is 59.0 Å². The Labute approximate surface area is 196 Å². The number of phenolic OH excluding ortho intramolecular Hbond substituents is 1. The molecule has 2 aliphatic heterocycles. The van der Waals surface area contributed by atoms with Crippen LogP contribution in [0.3, 0.4) is 0 Å². The summed E-state index contributed by atoms with van der Waals surface area (Å²) in [4.78, 5) is 21.7. The van der Waals surface area contributed by atoms with Crippen molar-refractivity contribution in [2.24, 2.45) is 0 Å². The molecule has 1 saturated heterocycles. The van der Waals surface area contributed by atoms with Crippen LogP contribution in [0.1, 0.15) is 24.0 Å².